The smallest absolute Gasteiger partial charge is 0.222 e. The molecule has 0 bridgehead atoms. The van der Waals surface area contributed by atoms with Crippen LogP contribution in [0.25, 0.3) is 0 Å². The van der Waals surface area contributed by atoms with Crippen LogP contribution in [0.3, 0.4) is 0 Å². The van der Waals surface area contributed by atoms with E-state index in [1.54, 1.807) is 0 Å². The summed E-state index contributed by atoms with van der Waals surface area (Å²) in [6, 6.07) is 0.726. The quantitative estimate of drug-likeness (QED) is 0.749. The number of rotatable bonds is 7. The van der Waals surface area contributed by atoms with Crippen molar-refractivity contribution in [3.05, 3.63) is 0 Å². The molecule has 1 aliphatic carbocycles. The summed E-state index contributed by atoms with van der Waals surface area (Å²) in [4.78, 5) is 14.3. The molecular formula is C14H26N2O2. The van der Waals surface area contributed by atoms with Gasteiger partial charge in [0, 0.05) is 37.6 Å². The SMILES string of the molecule is CC(N)CCCC(=O)N(CC1CCOC1)C1CC1. The molecule has 1 saturated carbocycles. The van der Waals surface area contributed by atoms with Crippen molar-refractivity contribution in [1.82, 2.24) is 4.90 Å². The zero-order chi connectivity index (χ0) is 13.0. The fraction of sp³-hybridized carbons (Fsp3) is 0.929. The summed E-state index contributed by atoms with van der Waals surface area (Å²) < 4.78 is 5.40. The van der Waals surface area contributed by atoms with E-state index in [2.05, 4.69) is 4.90 Å². The fourth-order valence-corrected chi connectivity index (χ4v) is 2.57. The van der Waals surface area contributed by atoms with E-state index >= 15 is 0 Å². The molecule has 2 unspecified atom stereocenters. The maximum atomic E-state index is 12.2. The van der Waals surface area contributed by atoms with Crippen LogP contribution in [-0.4, -0.2) is 42.6 Å². The van der Waals surface area contributed by atoms with Gasteiger partial charge in [0.25, 0.3) is 0 Å². The Morgan fingerprint density at radius 3 is 2.78 bits per heavy atom. The van der Waals surface area contributed by atoms with Crippen LogP contribution in [0.1, 0.15) is 45.4 Å². The maximum Gasteiger partial charge on any atom is 0.222 e. The minimum absolute atomic E-state index is 0.204. The molecule has 18 heavy (non-hydrogen) atoms. The van der Waals surface area contributed by atoms with Gasteiger partial charge in [-0.05, 0) is 39.0 Å². The van der Waals surface area contributed by atoms with Gasteiger partial charge in [0.05, 0.1) is 6.61 Å². The molecular weight excluding hydrogens is 228 g/mol. The minimum Gasteiger partial charge on any atom is -0.381 e. The number of nitrogens with zero attached hydrogens (tertiary/aromatic N) is 1. The predicted octanol–water partition coefficient (Wildman–Crippen LogP) is 1.53. The maximum absolute atomic E-state index is 12.2. The van der Waals surface area contributed by atoms with Crippen molar-refractivity contribution >= 4 is 5.91 Å². The Kier molecular flexibility index (Phi) is 5.01. The minimum atomic E-state index is 0.204. The van der Waals surface area contributed by atoms with Crippen molar-refractivity contribution in [1.29, 1.82) is 0 Å². The molecule has 4 heteroatoms. The first kappa shape index (κ1) is 13.8. The van der Waals surface area contributed by atoms with Crippen molar-refractivity contribution in [2.45, 2.75) is 57.5 Å². The van der Waals surface area contributed by atoms with Gasteiger partial charge in [-0.3, -0.25) is 4.79 Å². The molecule has 0 aromatic rings. The Morgan fingerprint density at radius 2 is 2.22 bits per heavy atom. The second kappa shape index (κ2) is 6.53. The topological polar surface area (TPSA) is 55.6 Å². The monoisotopic (exact) mass is 254 g/mol. The van der Waals surface area contributed by atoms with Gasteiger partial charge in [0.2, 0.25) is 5.91 Å². The Balaban J connectivity index is 1.75. The predicted molar refractivity (Wildman–Crippen MR) is 71.2 cm³/mol. The molecule has 1 amide bonds. The highest BCUT2D eigenvalue weighted by Gasteiger charge is 2.34. The summed E-state index contributed by atoms with van der Waals surface area (Å²) in [6.07, 6.45) is 6.00. The van der Waals surface area contributed by atoms with Crippen LogP contribution in [0.5, 0.6) is 0 Å². The van der Waals surface area contributed by atoms with Crippen LogP contribution in [0.15, 0.2) is 0 Å². The van der Waals surface area contributed by atoms with Crippen LogP contribution < -0.4 is 5.73 Å². The van der Waals surface area contributed by atoms with Gasteiger partial charge in [0.1, 0.15) is 0 Å². The summed E-state index contributed by atoms with van der Waals surface area (Å²) in [6.45, 7) is 4.60. The van der Waals surface area contributed by atoms with Gasteiger partial charge >= 0.3 is 0 Å². The van der Waals surface area contributed by atoms with Crippen LogP contribution in [0.4, 0.5) is 0 Å². The Hall–Kier alpha value is -0.610. The molecule has 2 N–H and O–H groups in total. The molecule has 0 radical (unpaired) electrons. The Bertz CT molecular complexity index is 271. The average Bonchev–Trinajstić information content (AvgIpc) is 3.02. The molecule has 2 fully saturated rings. The number of carbonyl (C=O) groups is 1. The second-order valence-corrected chi connectivity index (χ2v) is 5.88. The normalized spacial score (nSPS) is 25.1. The van der Waals surface area contributed by atoms with E-state index in [1.165, 1.54) is 12.8 Å². The summed E-state index contributed by atoms with van der Waals surface area (Å²) in [5.41, 5.74) is 5.72. The molecule has 0 aromatic heterocycles. The first-order valence-electron chi connectivity index (χ1n) is 7.29. The van der Waals surface area contributed by atoms with E-state index in [-0.39, 0.29) is 6.04 Å². The summed E-state index contributed by atoms with van der Waals surface area (Å²) in [5, 5.41) is 0. The van der Waals surface area contributed by atoms with Gasteiger partial charge in [-0.1, -0.05) is 0 Å². The largest absolute Gasteiger partial charge is 0.381 e. The number of carbonyl (C=O) groups excluding carboxylic acids is 1. The lowest BCUT2D eigenvalue weighted by Crippen LogP contribution is -2.37. The number of hydrogen-bond donors (Lipinski definition) is 1. The third-order valence-corrected chi connectivity index (χ3v) is 3.84. The molecule has 1 heterocycles. The van der Waals surface area contributed by atoms with E-state index in [1.807, 2.05) is 6.92 Å². The fourth-order valence-electron chi connectivity index (χ4n) is 2.57. The van der Waals surface area contributed by atoms with E-state index < -0.39 is 0 Å². The second-order valence-electron chi connectivity index (χ2n) is 5.88. The lowest BCUT2D eigenvalue weighted by Gasteiger charge is -2.25. The van der Waals surface area contributed by atoms with Crippen molar-refractivity contribution in [3.63, 3.8) is 0 Å². The molecule has 1 aliphatic heterocycles. The van der Waals surface area contributed by atoms with Gasteiger partial charge in [0.15, 0.2) is 0 Å². The zero-order valence-corrected chi connectivity index (χ0v) is 11.4. The van der Waals surface area contributed by atoms with Gasteiger partial charge < -0.3 is 15.4 Å². The van der Waals surface area contributed by atoms with E-state index in [0.29, 0.717) is 24.3 Å². The third kappa shape index (κ3) is 4.25. The Labute approximate surface area is 110 Å². The van der Waals surface area contributed by atoms with Crippen LogP contribution in [0.2, 0.25) is 0 Å². The standard InChI is InChI=1S/C14H26N2O2/c1-11(15)3-2-4-14(17)16(13-5-6-13)9-12-7-8-18-10-12/h11-13H,2-10,15H2,1H3. The van der Waals surface area contributed by atoms with E-state index in [9.17, 15) is 4.79 Å². The number of ether oxygens (including phenoxy) is 1. The zero-order valence-electron chi connectivity index (χ0n) is 11.4. The molecule has 1 saturated heterocycles. The third-order valence-electron chi connectivity index (χ3n) is 3.84. The van der Waals surface area contributed by atoms with Crippen molar-refractivity contribution < 1.29 is 9.53 Å². The number of hydrogen-bond acceptors (Lipinski definition) is 3. The summed E-state index contributed by atoms with van der Waals surface area (Å²) in [5.74, 6) is 0.882. The summed E-state index contributed by atoms with van der Waals surface area (Å²) in [7, 11) is 0. The van der Waals surface area contributed by atoms with Crippen LogP contribution in [0, 0.1) is 5.92 Å². The lowest BCUT2D eigenvalue weighted by molar-refractivity contribution is -0.132. The number of amides is 1. The van der Waals surface area contributed by atoms with Crippen molar-refractivity contribution in [2.75, 3.05) is 19.8 Å². The highest BCUT2D eigenvalue weighted by Crippen LogP contribution is 2.29. The molecule has 0 aromatic carbocycles. The molecule has 2 rings (SSSR count). The van der Waals surface area contributed by atoms with Crippen LogP contribution in [-0.2, 0) is 9.53 Å². The van der Waals surface area contributed by atoms with E-state index in [0.717, 1.165) is 39.0 Å². The van der Waals surface area contributed by atoms with Gasteiger partial charge in [-0.15, -0.1) is 0 Å². The molecule has 4 nitrogen and oxygen atoms in total. The summed E-state index contributed by atoms with van der Waals surface area (Å²) >= 11 is 0. The number of nitrogens with two attached hydrogens (primary N) is 1. The first-order valence-corrected chi connectivity index (χ1v) is 7.29. The molecule has 2 atom stereocenters. The Morgan fingerprint density at radius 1 is 1.44 bits per heavy atom. The van der Waals surface area contributed by atoms with Crippen molar-refractivity contribution in [2.24, 2.45) is 11.7 Å². The highest BCUT2D eigenvalue weighted by molar-refractivity contribution is 5.76. The van der Waals surface area contributed by atoms with Gasteiger partial charge in [-0.25, -0.2) is 0 Å². The first-order chi connectivity index (χ1) is 8.66. The molecule has 104 valence electrons. The van der Waals surface area contributed by atoms with Crippen molar-refractivity contribution in [3.8, 4) is 0 Å². The molecule has 0 spiro atoms. The molecule has 2 aliphatic rings. The highest BCUT2D eigenvalue weighted by atomic mass is 16.5. The van der Waals surface area contributed by atoms with E-state index in [4.69, 9.17) is 10.5 Å². The van der Waals surface area contributed by atoms with Crippen LogP contribution >= 0.6 is 0 Å². The average molecular weight is 254 g/mol. The lowest BCUT2D eigenvalue weighted by atomic mass is 10.1. The van der Waals surface area contributed by atoms with Gasteiger partial charge in [-0.2, -0.15) is 0 Å².